The van der Waals surface area contributed by atoms with Crippen molar-refractivity contribution in [3.63, 3.8) is 0 Å². The zero-order valence-electron chi connectivity index (χ0n) is 13.2. The summed E-state index contributed by atoms with van der Waals surface area (Å²) in [5.74, 6) is 0. The molecule has 0 spiro atoms. The summed E-state index contributed by atoms with van der Waals surface area (Å²) in [6, 6.07) is 13.3. The van der Waals surface area contributed by atoms with Gasteiger partial charge in [0, 0.05) is 24.1 Å². The predicted octanol–water partition coefficient (Wildman–Crippen LogP) is 2.77. The van der Waals surface area contributed by atoms with Gasteiger partial charge in [0.1, 0.15) is 0 Å². The highest BCUT2D eigenvalue weighted by molar-refractivity contribution is 7.99. The molecule has 0 radical (unpaired) electrons. The van der Waals surface area contributed by atoms with Crippen molar-refractivity contribution >= 4 is 27.5 Å². The van der Waals surface area contributed by atoms with E-state index in [0.717, 1.165) is 11.0 Å². The molecule has 132 valence electrons. The minimum Gasteiger partial charge on any atom is -0.379 e. The first-order chi connectivity index (χ1) is 12.0. The summed E-state index contributed by atoms with van der Waals surface area (Å²) < 4.78 is 31.8. The number of sulfonamides is 1. The summed E-state index contributed by atoms with van der Waals surface area (Å²) >= 11 is 1.23. The number of hydrogen-bond donors (Lipinski definition) is 0. The third-order valence-electron chi connectivity index (χ3n) is 3.71. The summed E-state index contributed by atoms with van der Waals surface area (Å²) in [5.41, 5.74) is -0.219. The average molecular weight is 380 g/mol. The molecule has 0 atom stereocenters. The van der Waals surface area contributed by atoms with Crippen LogP contribution in [0.4, 0.5) is 5.69 Å². The molecule has 0 aromatic heterocycles. The fraction of sp³-hybridized carbons (Fsp3) is 0.250. The van der Waals surface area contributed by atoms with Gasteiger partial charge in [-0.15, -0.1) is 0 Å². The molecular weight excluding hydrogens is 364 g/mol. The highest BCUT2D eigenvalue weighted by Gasteiger charge is 2.29. The number of nitrogens with zero attached hydrogens (tertiary/aromatic N) is 2. The molecular formula is C16H16N2O5S2. The van der Waals surface area contributed by atoms with Crippen molar-refractivity contribution < 1.29 is 18.1 Å². The molecule has 0 unspecified atom stereocenters. The van der Waals surface area contributed by atoms with Gasteiger partial charge in [-0.1, -0.05) is 30.0 Å². The van der Waals surface area contributed by atoms with Crippen molar-refractivity contribution in [1.82, 2.24) is 4.31 Å². The summed E-state index contributed by atoms with van der Waals surface area (Å²) in [6.45, 7) is 1.14. The lowest BCUT2D eigenvalue weighted by molar-refractivity contribution is -0.388. The molecule has 1 aliphatic heterocycles. The quantitative estimate of drug-likeness (QED) is 0.585. The first-order valence-electron chi connectivity index (χ1n) is 7.58. The van der Waals surface area contributed by atoms with Gasteiger partial charge in [-0.3, -0.25) is 10.1 Å². The van der Waals surface area contributed by atoms with E-state index >= 15 is 0 Å². The Morgan fingerprint density at radius 3 is 2.40 bits per heavy atom. The van der Waals surface area contributed by atoms with Crippen LogP contribution in [-0.4, -0.2) is 43.9 Å². The first-order valence-corrected chi connectivity index (χ1v) is 9.83. The maximum atomic E-state index is 12.7. The lowest BCUT2D eigenvalue weighted by Gasteiger charge is -2.26. The summed E-state index contributed by atoms with van der Waals surface area (Å²) in [6.07, 6.45) is 0. The number of hydrogen-bond acceptors (Lipinski definition) is 6. The summed E-state index contributed by atoms with van der Waals surface area (Å²) in [5, 5.41) is 11.4. The molecule has 0 aliphatic carbocycles. The molecule has 0 bridgehead atoms. The number of morpholine rings is 1. The normalized spacial score (nSPS) is 15.8. The van der Waals surface area contributed by atoms with E-state index in [2.05, 4.69) is 0 Å². The third kappa shape index (κ3) is 4.01. The Balaban J connectivity index is 1.95. The van der Waals surface area contributed by atoms with E-state index in [1.54, 1.807) is 0 Å². The van der Waals surface area contributed by atoms with Crippen LogP contribution in [0.5, 0.6) is 0 Å². The van der Waals surface area contributed by atoms with Gasteiger partial charge in [0.2, 0.25) is 10.0 Å². The highest BCUT2D eigenvalue weighted by Crippen LogP contribution is 2.36. The fourth-order valence-corrected chi connectivity index (χ4v) is 4.79. The Labute approximate surface area is 149 Å². The van der Waals surface area contributed by atoms with Gasteiger partial charge in [0.15, 0.2) is 0 Å². The molecule has 0 N–H and O–H groups in total. The highest BCUT2D eigenvalue weighted by atomic mass is 32.2. The van der Waals surface area contributed by atoms with Crippen molar-refractivity contribution in [2.75, 3.05) is 26.3 Å². The Kier molecular flexibility index (Phi) is 5.38. The van der Waals surface area contributed by atoms with Crippen LogP contribution < -0.4 is 0 Å². The molecule has 25 heavy (non-hydrogen) atoms. The molecule has 7 nitrogen and oxygen atoms in total. The maximum Gasteiger partial charge on any atom is 0.284 e. The van der Waals surface area contributed by atoms with E-state index in [-0.39, 0.29) is 23.7 Å². The van der Waals surface area contributed by atoms with Gasteiger partial charge < -0.3 is 4.74 Å². The summed E-state index contributed by atoms with van der Waals surface area (Å²) in [7, 11) is -3.77. The number of nitro groups is 1. The van der Waals surface area contributed by atoms with Gasteiger partial charge in [0.05, 0.1) is 27.9 Å². The molecule has 2 aromatic carbocycles. The second-order valence-electron chi connectivity index (χ2n) is 5.32. The van der Waals surface area contributed by atoms with E-state index in [1.165, 1.54) is 28.2 Å². The van der Waals surface area contributed by atoms with Crippen LogP contribution in [0.1, 0.15) is 0 Å². The van der Waals surface area contributed by atoms with E-state index < -0.39 is 14.9 Å². The minimum absolute atomic E-state index is 0.0708. The minimum atomic E-state index is -3.77. The molecule has 9 heteroatoms. The second kappa shape index (κ2) is 7.52. The largest absolute Gasteiger partial charge is 0.379 e. The van der Waals surface area contributed by atoms with Crippen molar-refractivity contribution in [2.24, 2.45) is 0 Å². The Bertz CT molecular complexity index is 865. The van der Waals surface area contributed by atoms with Gasteiger partial charge in [-0.05, 0) is 24.3 Å². The van der Waals surface area contributed by atoms with Crippen molar-refractivity contribution in [3.05, 3.63) is 58.6 Å². The predicted molar refractivity (Wildman–Crippen MR) is 93.2 cm³/mol. The molecule has 0 saturated carbocycles. The Hall–Kier alpha value is -1.94. The van der Waals surface area contributed by atoms with Gasteiger partial charge in [-0.2, -0.15) is 4.31 Å². The van der Waals surface area contributed by atoms with Crippen molar-refractivity contribution in [2.45, 2.75) is 14.7 Å². The first kappa shape index (κ1) is 17.9. The van der Waals surface area contributed by atoms with Crippen LogP contribution in [-0.2, 0) is 14.8 Å². The number of rotatable bonds is 5. The standard InChI is InChI=1S/C16H16N2O5S2/c19-18(20)15-12-14(25(21,22)17-8-10-23-11-9-17)6-7-16(15)24-13-4-2-1-3-5-13/h1-7,12H,8-11H2. The van der Waals surface area contributed by atoms with Gasteiger partial charge in [0.25, 0.3) is 5.69 Å². The van der Waals surface area contributed by atoms with Crippen molar-refractivity contribution in [3.8, 4) is 0 Å². The monoisotopic (exact) mass is 380 g/mol. The van der Waals surface area contributed by atoms with Gasteiger partial charge >= 0.3 is 0 Å². The SMILES string of the molecule is O=[N+]([O-])c1cc(S(=O)(=O)N2CCOCC2)ccc1Sc1ccccc1. The van der Waals surface area contributed by atoms with Crippen LogP contribution >= 0.6 is 11.8 Å². The van der Waals surface area contributed by atoms with Gasteiger partial charge in [-0.25, -0.2) is 8.42 Å². The average Bonchev–Trinajstić information content (AvgIpc) is 2.63. The second-order valence-corrected chi connectivity index (χ2v) is 8.37. The zero-order chi connectivity index (χ0) is 17.9. The number of benzene rings is 2. The van der Waals surface area contributed by atoms with E-state index in [9.17, 15) is 18.5 Å². The molecule has 0 amide bonds. The van der Waals surface area contributed by atoms with Crippen LogP contribution in [0.2, 0.25) is 0 Å². The number of nitro benzene ring substituents is 1. The molecule has 2 aromatic rings. The molecule has 1 heterocycles. The fourth-order valence-electron chi connectivity index (χ4n) is 2.44. The topological polar surface area (TPSA) is 89.8 Å². The van der Waals surface area contributed by atoms with Crippen molar-refractivity contribution in [1.29, 1.82) is 0 Å². The van der Waals surface area contributed by atoms with Crippen LogP contribution in [0.15, 0.2) is 63.2 Å². The van der Waals surface area contributed by atoms with Crippen LogP contribution in [0.25, 0.3) is 0 Å². The molecule has 1 saturated heterocycles. The molecule has 1 aliphatic rings. The zero-order valence-corrected chi connectivity index (χ0v) is 14.8. The van der Waals surface area contributed by atoms with E-state index in [0.29, 0.717) is 18.1 Å². The molecule has 3 rings (SSSR count). The van der Waals surface area contributed by atoms with Crippen LogP contribution in [0, 0.1) is 10.1 Å². The Morgan fingerprint density at radius 2 is 1.76 bits per heavy atom. The maximum absolute atomic E-state index is 12.7. The smallest absolute Gasteiger partial charge is 0.284 e. The molecule has 1 fully saturated rings. The lowest BCUT2D eigenvalue weighted by Crippen LogP contribution is -2.40. The number of ether oxygens (including phenoxy) is 1. The van der Waals surface area contributed by atoms with E-state index in [4.69, 9.17) is 4.74 Å². The lowest BCUT2D eigenvalue weighted by atomic mass is 10.3. The summed E-state index contributed by atoms with van der Waals surface area (Å²) in [4.78, 5) is 12.1. The van der Waals surface area contributed by atoms with E-state index in [1.807, 2.05) is 30.3 Å². The Morgan fingerprint density at radius 1 is 1.08 bits per heavy atom. The third-order valence-corrected chi connectivity index (χ3v) is 6.67. The van der Waals surface area contributed by atoms with Crippen LogP contribution in [0.3, 0.4) is 0 Å².